The zero-order valence-corrected chi connectivity index (χ0v) is 42.4. The quantitative estimate of drug-likeness (QED) is 0.0935. The maximum Gasteiger partial charge on any atom is 0.261 e. The van der Waals surface area contributed by atoms with E-state index >= 15 is 0 Å². The first kappa shape index (κ1) is 47.8. The van der Waals surface area contributed by atoms with Crippen LogP contribution in [-0.2, 0) is 9.59 Å². The number of aliphatic imine (C=N–C) groups is 2. The predicted molar refractivity (Wildman–Crippen MR) is 270 cm³/mol. The number of aromatic nitrogens is 6. The van der Waals surface area contributed by atoms with Crippen LogP contribution in [0.5, 0.6) is 0 Å². The van der Waals surface area contributed by atoms with Gasteiger partial charge in [0.15, 0.2) is 11.6 Å². The predicted octanol–water partition coefficient (Wildman–Crippen LogP) is 9.15. The number of hydrogen-bond acceptors (Lipinski definition) is 13. The van der Waals surface area contributed by atoms with Gasteiger partial charge in [0.25, 0.3) is 5.91 Å². The monoisotopic (exact) mass is 991 g/mol. The molecule has 18 heteroatoms. The summed E-state index contributed by atoms with van der Waals surface area (Å²) in [5.74, 6) is 2.44. The van der Waals surface area contributed by atoms with Crippen molar-refractivity contribution < 1.29 is 14.4 Å². The first-order chi connectivity index (χ1) is 32.7. The van der Waals surface area contributed by atoms with Crippen LogP contribution >= 0.6 is 45.9 Å². The fourth-order valence-corrected chi connectivity index (χ4v) is 12.1. The molecule has 0 radical (unpaired) electrons. The van der Waals surface area contributed by atoms with Crippen LogP contribution in [0.4, 0.5) is 0 Å². The highest BCUT2D eigenvalue weighted by molar-refractivity contribution is 7.17. The number of carbonyl (C=O) groups is 3. The lowest BCUT2D eigenvalue weighted by molar-refractivity contribution is -0.120. The molecule has 1 amide bonds. The molecule has 3 aliphatic rings. The standard InChI is InChI=1S/C50H55Cl2N11O3S2/c1-28-30(3)67-49-41(28)43(33-12-16-35(51)17-13-33)54-40(46-58-56-31(4)62(46)49)27-38(65)11-9-20-53-48(66)45-29(2)42-44(34-14-18-36(52)19-15-34)55-39(47-59-57-32(5)63(47)50(42)68-45)26-37(64)10-7-8-21-61-24-22-60(6)23-25-61/h12-19,39-40H,7-11,20-27H2,1-6H3,(H,53,66). The van der Waals surface area contributed by atoms with Gasteiger partial charge in [-0.1, -0.05) is 47.5 Å². The van der Waals surface area contributed by atoms with Crippen LogP contribution in [0.1, 0.15) is 128 Å². The number of Topliss-reactive ketones (excluding diaryl/α,β-unsaturated/α-hetero) is 2. The molecule has 3 aliphatic heterocycles. The van der Waals surface area contributed by atoms with Gasteiger partial charge in [-0.05, 0) is 103 Å². The Hall–Kier alpha value is -5.23. The van der Waals surface area contributed by atoms with Crippen molar-refractivity contribution in [1.82, 2.24) is 44.6 Å². The van der Waals surface area contributed by atoms with E-state index in [1.807, 2.05) is 78.4 Å². The second-order valence-electron chi connectivity index (χ2n) is 18.0. The molecule has 1 saturated heterocycles. The maximum absolute atomic E-state index is 14.1. The molecule has 14 nitrogen and oxygen atoms in total. The highest BCUT2D eigenvalue weighted by Crippen LogP contribution is 2.42. The minimum Gasteiger partial charge on any atom is -0.351 e. The van der Waals surface area contributed by atoms with Gasteiger partial charge in [0.05, 0.1) is 16.3 Å². The largest absolute Gasteiger partial charge is 0.351 e. The number of carbonyl (C=O) groups excluding carboxylic acids is 3. The molecular weight excluding hydrogens is 938 g/mol. The van der Waals surface area contributed by atoms with E-state index in [1.165, 1.54) is 16.2 Å². The van der Waals surface area contributed by atoms with Gasteiger partial charge in [-0.25, -0.2) is 0 Å². The average molecular weight is 993 g/mol. The van der Waals surface area contributed by atoms with Gasteiger partial charge in [0.2, 0.25) is 0 Å². The van der Waals surface area contributed by atoms with Crippen molar-refractivity contribution in [2.75, 3.05) is 46.3 Å². The van der Waals surface area contributed by atoms with Gasteiger partial charge in [-0.15, -0.1) is 43.1 Å². The number of ketones is 2. The van der Waals surface area contributed by atoms with E-state index in [4.69, 9.17) is 33.2 Å². The molecular formula is C50H55Cl2N11O3S2. The number of hydrogen-bond donors (Lipinski definition) is 1. The number of likely N-dealkylation sites (N-methyl/N-ethyl adjacent to an activating group) is 1. The van der Waals surface area contributed by atoms with Crippen molar-refractivity contribution in [3.05, 3.63) is 125 Å². The Kier molecular flexibility index (Phi) is 14.3. The summed E-state index contributed by atoms with van der Waals surface area (Å²) in [7, 11) is 2.16. The summed E-state index contributed by atoms with van der Waals surface area (Å²) in [6.07, 6.45) is 3.25. The van der Waals surface area contributed by atoms with Crippen molar-refractivity contribution in [1.29, 1.82) is 0 Å². The molecule has 7 heterocycles. The van der Waals surface area contributed by atoms with Crippen LogP contribution in [0.15, 0.2) is 58.5 Å². The van der Waals surface area contributed by atoms with Gasteiger partial charge in [0.1, 0.15) is 45.3 Å². The Bertz CT molecular complexity index is 2940. The van der Waals surface area contributed by atoms with Crippen LogP contribution in [0, 0.1) is 34.6 Å². The maximum atomic E-state index is 14.1. The van der Waals surface area contributed by atoms with Gasteiger partial charge in [-0.2, -0.15) is 0 Å². The van der Waals surface area contributed by atoms with Gasteiger partial charge in [0, 0.05) is 95.6 Å². The van der Waals surface area contributed by atoms with Crippen molar-refractivity contribution in [3.8, 4) is 10.0 Å². The molecule has 2 unspecified atom stereocenters. The molecule has 2 atom stereocenters. The SMILES string of the molecule is Cc1sc2c(c1C)C(c1ccc(Cl)cc1)=NC(CC(=O)CCCNC(=O)c1sc3c(c1C)C(c1ccc(Cl)cc1)=NC(CC(=O)CCCCN1CCN(C)CC1)c1nnc(C)n1-3)c1nnc(C)n1-2. The zero-order valence-electron chi connectivity index (χ0n) is 39.2. The number of nitrogens with one attached hydrogen (secondary N) is 1. The van der Waals surface area contributed by atoms with Gasteiger partial charge in [-0.3, -0.25) is 33.5 Å². The number of aryl methyl sites for hydroxylation is 3. The first-order valence-electron chi connectivity index (χ1n) is 23.2. The van der Waals surface area contributed by atoms with E-state index in [-0.39, 0.29) is 43.3 Å². The Morgan fingerprint density at radius 2 is 1.15 bits per heavy atom. The first-order valence-corrected chi connectivity index (χ1v) is 25.6. The second-order valence-corrected chi connectivity index (χ2v) is 21.1. The lowest BCUT2D eigenvalue weighted by atomic mass is 9.99. The molecule has 4 aromatic heterocycles. The summed E-state index contributed by atoms with van der Waals surface area (Å²) in [5, 5.41) is 24.1. The molecule has 1 N–H and O–H groups in total. The van der Waals surface area contributed by atoms with Crippen LogP contribution < -0.4 is 5.32 Å². The Balaban J connectivity index is 0.900. The fourth-order valence-electron chi connectivity index (χ4n) is 9.30. The summed E-state index contributed by atoms with van der Waals surface area (Å²) >= 11 is 15.7. The van der Waals surface area contributed by atoms with E-state index in [0.717, 1.165) is 100 Å². The molecule has 0 bridgehead atoms. The summed E-state index contributed by atoms with van der Waals surface area (Å²) in [5.41, 5.74) is 6.85. The smallest absolute Gasteiger partial charge is 0.261 e. The summed E-state index contributed by atoms with van der Waals surface area (Å²) < 4.78 is 4.00. The minimum atomic E-state index is -0.574. The van der Waals surface area contributed by atoms with Crippen molar-refractivity contribution in [2.24, 2.45) is 9.98 Å². The molecule has 68 heavy (non-hydrogen) atoms. The Morgan fingerprint density at radius 3 is 1.69 bits per heavy atom. The number of piperazine rings is 1. The number of halogens is 2. The number of amides is 1. The summed E-state index contributed by atoms with van der Waals surface area (Å²) in [6, 6.07) is 14.0. The molecule has 0 spiro atoms. The molecule has 0 saturated carbocycles. The van der Waals surface area contributed by atoms with Crippen LogP contribution in [0.25, 0.3) is 10.0 Å². The number of benzene rings is 2. The van der Waals surface area contributed by atoms with Crippen molar-refractivity contribution in [3.63, 3.8) is 0 Å². The number of thiophene rings is 2. The zero-order chi connectivity index (χ0) is 47.8. The highest BCUT2D eigenvalue weighted by atomic mass is 35.5. The molecule has 9 rings (SSSR count). The van der Waals surface area contributed by atoms with Gasteiger partial charge < -0.3 is 15.1 Å². The number of rotatable bonds is 16. The molecule has 1 fully saturated rings. The molecule has 0 aliphatic carbocycles. The van der Waals surface area contributed by atoms with E-state index in [1.54, 1.807) is 11.3 Å². The van der Waals surface area contributed by atoms with Crippen LogP contribution in [0.2, 0.25) is 10.0 Å². The fraction of sp³-hybridized carbons (Fsp3) is 0.420. The molecule has 354 valence electrons. The molecule has 2 aromatic carbocycles. The minimum absolute atomic E-state index is 0.00551. The Morgan fingerprint density at radius 1 is 0.647 bits per heavy atom. The lowest BCUT2D eigenvalue weighted by Gasteiger charge is -2.32. The number of fused-ring (bicyclic) bond motifs is 6. The van der Waals surface area contributed by atoms with Crippen LogP contribution in [0.3, 0.4) is 0 Å². The second kappa shape index (κ2) is 20.4. The Labute approximate surface area is 414 Å². The number of nitrogens with zero attached hydrogens (tertiary/aromatic N) is 10. The lowest BCUT2D eigenvalue weighted by Crippen LogP contribution is -2.44. The van der Waals surface area contributed by atoms with E-state index in [9.17, 15) is 14.4 Å². The van der Waals surface area contributed by atoms with E-state index < -0.39 is 12.1 Å². The third-order valence-corrected chi connectivity index (χ3v) is 16.2. The highest BCUT2D eigenvalue weighted by Gasteiger charge is 2.35. The summed E-state index contributed by atoms with van der Waals surface area (Å²) in [6.45, 7) is 15.5. The van der Waals surface area contributed by atoms with Gasteiger partial charge >= 0.3 is 0 Å². The average Bonchev–Trinajstić information content (AvgIpc) is 4.03. The van der Waals surface area contributed by atoms with E-state index in [0.29, 0.717) is 50.9 Å². The van der Waals surface area contributed by atoms with Crippen molar-refractivity contribution in [2.45, 2.75) is 91.6 Å². The molecule has 6 aromatic rings. The third-order valence-electron chi connectivity index (χ3n) is 13.2. The third kappa shape index (κ3) is 9.81. The normalized spacial score (nSPS) is 17.1. The topological polar surface area (TPSA) is 156 Å². The summed E-state index contributed by atoms with van der Waals surface area (Å²) in [4.78, 5) is 58.7. The van der Waals surface area contributed by atoms with Crippen molar-refractivity contribution >= 4 is 74.8 Å². The van der Waals surface area contributed by atoms with Crippen LogP contribution in [-0.4, -0.2) is 115 Å². The van der Waals surface area contributed by atoms with E-state index in [2.05, 4.69) is 56.4 Å². The number of unbranched alkanes of at least 4 members (excludes halogenated alkanes) is 1.